The van der Waals surface area contributed by atoms with Crippen LogP contribution in [0.5, 0.6) is 0 Å². The Bertz CT molecular complexity index is 554. The number of aliphatic hydroxyl groups excluding tert-OH is 1. The summed E-state index contributed by atoms with van der Waals surface area (Å²) in [6, 6.07) is 0. The molecule has 1 amide bonds. The van der Waals surface area contributed by atoms with E-state index in [0.717, 1.165) is 19.3 Å². The normalized spacial score (nSPS) is 11.8. The Labute approximate surface area is 226 Å². The molecule has 1 unspecified atom stereocenters. The lowest BCUT2D eigenvalue weighted by molar-refractivity contribution is -0.152. The molecular weight excluding hydrogens is 470 g/mol. The first-order valence-electron chi connectivity index (χ1n) is 15.2. The van der Waals surface area contributed by atoms with Crippen molar-refractivity contribution < 1.29 is 29.0 Å². The molecule has 7 nitrogen and oxygen atoms in total. The van der Waals surface area contributed by atoms with Gasteiger partial charge in [-0.1, -0.05) is 129 Å². The summed E-state index contributed by atoms with van der Waals surface area (Å²) in [4.78, 5) is 33.8. The Balaban J connectivity index is 3.30. The van der Waals surface area contributed by atoms with Gasteiger partial charge in [0.05, 0.1) is 0 Å². The molecule has 1 atom stereocenters. The number of esters is 2. The number of unbranched alkanes of at least 4 members (excludes halogenated alkanes) is 19. The van der Waals surface area contributed by atoms with Gasteiger partial charge in [0.15, 0.2) is 0 Å². The summed E-state index contributed by atoms with van der Waals surface area (Å²) in [5, 5.41) is 12.0. The molecule has 2 N–H and O–H groups in total. The van der Waals surface area contributed by atoms with E-state index < -0.39 is 12.1 Å². The van der Waals surface area contributed by atoms with E-state index in [-0.39, 0.29) is 31.6 Å². The first kappa shape index (κ1) is 35.4. The molecule has 0 aromatic heterocycles. The Hall–Kier alpha value is -1.63. The molecule has 0 heterocycles. The number of carbonyl (C=O) groups is 3. The zero-order chi connectivity index (χ0) is 27.4. The van der Waals surface area contributed by atoms with Gasteiger partial charge in [-0.2, -0.15) is 0 Å². The predicted molar refractivity (Wildman–Crippen MR) is 149 cm³/mol. The molecule has 7 heteroatoms. The number of nitrogens with one attached hydrogen (secondary N) is 1. The topological polar surface area (TPSA) is 102 Å². The van der Waals surface area contributed by atoms with Gasteiger partial charge in [-0.25, -0.2) is 0 Å². The van der Waals surface area contributed by atoms with E-state index in [1.807, 2.05) is 0 Å². The van der Waals surface area contributed by atoms with Gasteiger partial charge in [0.25, 0.3) is 0 Å². The van der Waals surface area contributed by atoms with Gasteiger partial charge >= 0.3 is 11.9 Å². The van der Waals surface area contributed by atoms with E-state index in [1.165, 1.54) is 116 Å². The lowest BCUT2D eigenvalue weighted by Gasteiger charge is -2.12. The van der Waals surface area contributed by atoms with Crippen LogP contribution in [0.1, 0.15) is 149 Å². The first-order chi connectivity index (χ1) is 18.0. The second-order valence-electron chi connectivity index (χ2n) is 10.4. The number of hydrogen-bond acceptors (Lipinski definition) is 6. The molecule has 0 saturated heterocycles. The molecule has 0 fully saturated rings. The monoisotopic (exact) mass is 527 g/mol. The maximum Gasteiger partial charge on any atom is 0.325 e. The third-order valence-corrected chi connectivity index (χ3v) is 6.59. The Morgan fingerprint density at radius 2 is 0.946 bits per heavy atom. The van der Waals surface area contributed by atoms with Gasteiger partial charge in [0.2, 0.25) is 5.91 Å². The lowest BCUT2D eigenvalue weighted by Crippen LogP contribution is -2.31. The smallest absolute Gasteiger partial charge is 0.325 e. The molecule has 0 radical (unpaired) electrons. The molecule has 0 aliphatic carbocycles. The number of carbonyl (C=O) groups excluding carboxylic acids is 3. The molecule has 0 bridgehead atoms. The van der Waals surface area contributed by atoms with Gasteiger partial charge in [0, 0.05) is 13.3 Å². The van der Waals surface area contributed by atoms with Crippen LogP contribution in [0.2, 0.25) is 0 Å². The van der Waals surface area contributed by atoms with Crippen LogP contribution in [0.3, 0.4) is 0 Å². The molecule has 0 aliphatic rings. The van der Waals surface area contributed by atoms with Crippen LogP contribution in [0.15, 0.2) is 0 Å². The molecule has 0 rings (SSSR count). The van der Waals surface area contributed by atoms with Gasteiger partial charge < -0.3 is 19.9 Å². The third-order valence-electron chi connectivity index (χ3n) is 6.59. The SMILES string of the molecule is CCCCCCCCCCCCCCCCCCCCCCC(=O)OCC(O)COC(=O)CNC(C)=O. The van der Waals surface area contributed by atoms with Crippen molar-refractivity contribution in [3.63, 3.8) is 0 Å². The van der Waals surface area contributed by atoms with Crippen molar-refractivity contribution in [2.24, 2.45) is 0 Å². The van der Waals surface area contributed by atoms with Crippen molar-refractivity contribution in [3.8, 4) is 0 Å². The minimum Gasteiger partial charge on any atom is -0.463 e. The Morgan fingerprint density at radius 1 is 0.595 bits per heavy atom. The van der Waals surface area contributed by atoms with Crippen molar-refractivity contribution in [2.75, 3.05) is 19.8 Å². The Kier molecular flexibility index (Phi) is 26.2. The quantitative estimate of drug-likeness (QED) is 0.0901. The lowest BCUT2D eigenvalue weighted by atomic mass is 10.0. The minimum atomic E-state index is -1.07. The zero-order valence-corrected chi connectivity index (χ0v) is 24.0. The summed E-state index contributed by atoms with van der Waals surface area (Å²) in [6.07, 6.45) is 25.6. The molecule has 218 valence electrons. The molecule has 0 saturated carbocycles. The fraction of sp³-hybridized carbons (Fsp3) is 0.900. The van der Waals surface area contributed by atoms with E-state index in [1.54, 1.807) is 0 Å². The fourth-order valence-corrected chi connectivity index (χ4v) is 4.27. The largest absolute Gasteiger partial charge is 0.463 e. The minimum absolute atomic E-state index is 0.203. The second-order valence-corrected chi connectivity index (χ2v) is 10.4. The molecule has 0 aromatic rings. The second kappa shape index (κ2) is 27.4. The average Bonchev–Trinajstić information content (AvgIpc) is 2.88. The number of ether oxygens (including phenoxy) is 2. The molecular formula is C30H57NO6. The maximum atomic E-state index is 11.8. The van der Waals surface area contributed by atoms with Crippen LogP contribution < -0.4 is 5.32 Å². The zero-order valence-electron chi connectivity index (χ0n) is 24.0. The Morgan fingerprint density at radius 3 is 1.32 bits per heavy atom. The van der Waals surface area contributed by atoms with E-state index in [2.05, 4.69) is 12.2 Å². The molecule has 0 aromatic carbocycles. The summed E-state index contributed by atoms with van der Waals surface area (Å²) >= 11 is 0. The standard InChI is InChI=1S/C30H57NO6/c1-3-4-5-6-7-8-9-10-11-12-13-14-15-16-17-18-19-20-21-22-23-29(34)36-25-28(33)26-37-30(35)24-31-27(2)32/h28,33H,3-26H2,1-2H3,(H,31,32). The summed E-state index contributed by atoms with van der Waals surface area (Å²) in [6.45, 7) is 2.85. The molecule has 0 aliphatic heterocycles. The predicted octanol–water partition coefficient (Wildman–Crippen LogP) is 6.78. The van der Waals surface area contributed by atoms with Crippen molar-refractivity contribution in [3.05, 3.63) is 0 Å². The van der Waals surface area contributed by atoms with E-state index >= 15 is 0 Å². The van der Waals surface area contributed by atoms with Crippen LogP contribution in [0.25, 0.3) is 0 Å². The summed E-state index contributed by atoms with van der Waals surface area (Å²) in [5.41, 5.74) is 0. The van der Waals surface area contributed by atoms with E-state index in [9.17, 15) is 19.5 Å². The van der Waals surface area contributed by atoms with Gasteiger partial charge in [0.1, 0.15) is 25.9 Å². The van der Waals surface area contributed by atoms with Crippen LogP contribution in [0, 0.1) is 0 Å². The highest BCUT2D eigenvalue weighted by atomic mass is 16.6. The fourth-order valence-electron chi connectivity index (χ4n) is 4.27. The van der Waals surface area contributed by atoms with Crippen molar-refractivity contribution in [1.82, 2.24) is 5.32 Å². The van der Waals surface area contributed by atoms with Gasteiger partial charge in [-0.15, -0.1) is 0 Å². The summed E-state index contributed by atoms with van der Waals surface area (Å²) < 4.78 is 9.82. The number of amides is 1. The summed E-state index contributed by atoms with van der Waals surface area (Å²) in [5.74, 6) is -1.33. The van der Waals surface area contributed by atoms with E-state index in [4.69, 9.17) is 9.47 Å². The highest BCUT2D eigenvalue weighted by Crippen LogP contribution is 2.15. The highest BCUT2D eigenvalue weighted by molar-refractivity contribution is 5.80. The molecule has 37 heavy (non-hydrogen) atoms. The van der Waals surface area contributed by atoms with Crippen molar-refractivity contribution in [1.29, 1.82) is 0 Å². The summed E-state index contributed by atoms with van der Waals surface area (Å²) in [7, 11) is 0. The molecule has 0 spiro atoms. The van der Waals surface area contributed by atoms with Crippen LogP contribution >= 0.6 is 0 Å². The van der Waals surface area contributed by atoms with Crippen LogP contribution in [-0.2, 0) is 23.9 Å². The van der Waals surface area contributed by atoms with Crippen molar-refractivity contribution >= 4 is 17.8 Å². The maximum absolute atomic E-state index is 11.8. The highest BCUT2D eigenvalue weighted by Gasteiger charge is 2.12. The van der Waals surface area contributed by atoms with Crippen LogP contribution in [-0.4, -0.2) is 48.8 Å². The van der Waals surface area contributed by atoms with E-state index in [0.29, 0.717) is 6.42 Å². The van der Waals surface area contributed by atoms with Gasteiger partial charge in [-0.3, -0.25) is 14.4 Å². The third kappa shape index (κ3) is 28.8. The number of hydrogen-bond donors (Lipinski definition) is 2. The number of aliphatic hydroxyl groups is 1. The average molecular weight is 528 g/mol. The first-order valence-corrected chi connectivity index (χ1v) is 15.2. The van der Waals surface area contributed by atoms with Gasteiger partial charge in [-0.05, 0) is 6.42 Å². The van der Waals surface area contributed by atoms with Crippen molar-refractivity contribution in [2.45, 2.75) is 155 Å². The number of rotatable bonds is 27. The van der Waals surface area contributed by atoms with Crippen LogP contribution in [0.4, 0.5) is 0 Å².